The van der Waals surface area contributed by atoms with Gasteiger partial charge < -0.3 is 10.5 Å². The van der Waals surface area contributed by atoms with Crippen LogP contribution in [0.15, 0.2) is 54.7 Å². The number of pyridine rings is 1. The molecule has 0 bridgehead atoms. The van der Waals surface area contributed by atoms with E-state index in [0.717, 1.165) is 22.3 Å². The third kappa shape index (κ3) is 3.38. The molecule has 1 amide bonds. The van der Waals surface area contributed by atoms with Gasteiger partial charge in [0.25, 0.3) is 5.91 Å². The summed E-state index contributed by atoms with van der Waals surface area (Å²) in [7, 11) is 0. The molecule has 0 spiro atoms. The van der Waals surface area contributed by atoms with E-state index in [2.05, 4.69) is 37.9 Å². The van der Waals surface area contributed by atoms with E-state index in [0.29, 0.717) is 0 Å². The smallest absolute Gasteiger partial charge is 0.267 e. The monoisotopic (exact) mass is 320 g/mol. The molecule has 2 aromatic carbocycles. The number of nitrogens with two attached hydrogens (primary N) is 1. The van der Waals surface area contributed by atoms with Crippen molar-refractivity contribution in [2.75, 3.05) is 0 Å². The van der Waals surface area contributed by atoms with Crippen LogP contribution >= 0.6 is 0 Å². The van der Waals surface area contributed by atoms with E-state index in [-0.39, 0.29) is 11.1 Å². The predicted octanol–water partition coefficient (Wildman–Crippen LogP) is 4.42. The molecule has 1 heterocycles. The minimum atomic E-state index is -0.531. The van der Waals surface area contributed by atoms with Crippen LogP contribution in [-0.4, -0.2) is 10.9 Å². The fourth-order valence-corrected chi connectivity index (χ4v) is 2.48. The number of nitrogens with zero attached hydrogens (tertiary/aromatic N) is 1. The van der Waals surface area contributed by atoms with Crippen LogP contribution < -0.4 is 10.5 Å². The van der Waals surface area contributed by atoms with E-state index < -0.39 is 5.91 Å². The summed E-state index contributed by atoms with van der Waals surface area (Å²) < 4.78 is 5.91. The van der Waals surface area contributed by atoms with Crippen LogP contribution in [0.3, 0.4) is 0 Å². The molecular weight excluding hydrogens is 300 g/mol. The Kier molecular flexibility index (Phi) is 3.97. The molecule has 0 saturated carbocycles. The Hall–Kier alpha value is -2.88. The Morgan fingerprint density at radius 1 is 0.958 bits per heavy atom. The minimum Gasteiger partial charge on any atom is -0.457 e. The molecule has 0 aliphatic carbocycles. The number of hydrogen-bond acceptors (Lipinski definition) is 3. The maximum atomic E-state index is 11.2. The van der Waals surface area contributed by atoms with Gasteiger partial charge in [0.15, 0.2) is 0 Å². The number of carbonyl (C=O) groups is 1. The second-order valence-electron chi connectivity index (χ2n) is 6.82. The first-order valence-electron chi connectivity index (χ1n) is 7.81. The number of hydrogen-bond donors (Lipinski definition) is 1. The van der Waals surface area contributed by atoms with Gasteiger partial charge in [-0.2, -0.15) is 0 Å². The van der Waals surface area contributed by atoms with Crippen LogP contribution in [0, 0.1) is 0 Å². The summed E-state index contributed by atoms with van der Waals surface area (Å²) in [5, 5.41) is 1.79. The number of benzene rings is 2. The lowest BCUT2D eigenvalue weighted by molar-refractivity contribution is 0.0996. The highest BCUT2D eigenvalue weighted by molar-refractivity contribution is 5.95. The zero-order valence-electron chi connectivity index (χ0n) is 14.0. The van der Waals surface area contributed by atoms with Crippen molar-refractivity contribution in [2.24, 2.45) is 5.73 Å². The number of amides is 1. The molecule has 0 unspecified atom stereocenters. The van der Waals surface area contributed by atoms with Crippen molar-refractivity contribution < 1.29 is 9.53 Å². The van der Waals surface area contributed by atoms with Gasteiger partial charge in [0.2, 0.25) is 0 Å². The Labute approximate surface area is 141 Å². The van der Waals surface area contributed by atoms with Gasteiger partial charge in [-0.3, -0.25) is 9.78 Å². The molecule has 3 rings (SSSR count). The number of ether oxygens (including phenoxy) is 1. The van der Waals surface area contributed by atoms with Gasteiger partial charge in [-0.25, -0.2) is 0 Å². The number of fused-ring (bicyclic) bond motifs is 1. The van der Waals surface area contributed by atoms with Gasteiger partial charge in [-0.1, -0.05) is 39.0 Å². The quantitative estimate of drug-likeness (QED) is 0.776. The Morgan fingerprint density at radius 3 is 2.25 bits per heavy atom. The van der Waals surface area contributed by atoms with E-state index in [1.807, 2.05) is 30.3 Å². The molecule has 1 aromatic heterocycles. The zero-order chi connectivity index (χ0) is 17.3. The van der Waals surface area contributed by atoms with Crippen molar-refractivity contribution in [1.29, 1.82) is 0 Å². The standard InChI is InChI=1S/C20H20N2O2/c1-20(2,3)15-5-8-16(9-6-15)24-17-7-4-13-11-18(19(21)23)22-12-14(13)10-17/h4-12H,1-3H3,(H2,21,23). The first-order valence-corrected chi connectivity index (χ1v) is 7.81. The molecule has 4 nitrogen and oxygen atoms in total. The third-order valence-electron chi connectivity index (χ3n) is 3.90. The highest BCUT2D eigenvalue weighted by Crippen LogP contribution is 2.28. The summed E-state index contributed by atoms with van der Waals surface area (Å²) in [6, 6.07) is 15.4. The van der Waals surface area contributed by atoms with E-state index >= 15 is 0 Å². The molecule has 3 aromatic rings. The first-order chi connectivity index (χ1) is 11.3. The summed E-state index contributed by atoms with van der Waals surface area (Å²) in [5.41, 5.74) is 6.89. The molecule has 2 N–H and O–H groups in total. The fourth-order valence-electron chi connectivity index (χ4n) is 2.48. The molecule has 4 heteroatoms. The van der Waals surface area contributed by atoms with Crippen molar-refractivity contribution in [3.8, 4) is 11.5 Å². The van der Waals surface area contributed by atoms with E-state index in [1.165, 1.54) is 5.56 Å². The summed E-state index contributed by atoms with van der Waals surface area (Å²) in [6.07, 6.45) is 1.63. The van der Waals surface area contributed by atoms with Gasteiger partial charge in [-0.15, -0.1) is 0 Å². The predicted molar refractivity (Wildman–Crippen MR) is 95.5 cm³/mol. The second kappa shape index (κ2) is 5.96. The number of carbonyl (C=O) groups excluding carboxylic acids is 1. The number of rotatable bonds is 3. The van der Waals surface area contributed by atoms with Crippen LogP contribution in [0.5, 0.6) is 11.5 Å². The average molecular weight is 320 g/mol. The summed E-state index contributed by atoms with van der Waals surface area (Å²) >= 11 is 0. The van der Waals surface area contributed by atoms with Crippen molar-refractivity contribution in [3.63, 3.8) is 0 Å². The van der Waals surface area contributed by atoms with Crippen LogP contribution in [0.1, 0.15) is 36.8 Å². The minimum absolute atomic E-state index is 0.116. The Bertz CT molecular complexity index is 894. The van der Waals surface area contributed by atoms with Crippen LogP contribution in [0.25, 0.3) is 10.8 Å². The molecule has 0 fully saturated rings. The number of primary amides is 1. The first kappa shape index (κ1) is 16.0. The van der Waals surface area contributed by atoms with E-state index in [4.69, 9.17) is 10.5 Å². The van der Waals surface area contributed by atoms with Crippen molar-refractivity contribution in [3.05, 3.63) is 66.0 Å². The highest BCUT2D eigenvalue weighted by Gasteiger charge is 2.13. The SMILES string of the molecule is CC(C)(C)c1ccc(Oc2ccc3cc(C(N)=O)ncc3c2)cc1. The average Bonchev–Trinajstić information content (AvgIpc) is 2.54. The molecule has 0 aliphatic rings. The molecule has 0 saturated heterocycles. The molecule has 0 aliphatic heterocycles. The molecule has 0 atom stereocenters. The lowest BCUT2D eigenvalue weighted by Crippen LogP contribution is -2.12. The lowest BCUT2D eigenvalue weighted by Gasteiger charge is -2.19. The molecule has 24 heavy (non-hydrogen) atoms. The number of aromatic nitrogens is 1. The van der Waals surface area contributed by atoms with E-state index in [9.17, 15) is 4.79 Å². The summed E-state index contributed by atoms with van der Waals surface area (Å²) in [6.45, 7) is 6.54. The maximum absolute atomic E-state index is 11.2. The van der Waals surface area contributed by atoms with Crippen molar-refractivity contribution in [1.82, 2.24) is 4.98 Å². The second-order valence-corrected chi connectivity index (χ2v) is 6.82. The van der Waals surface area contributed by atoms with Crippen LogP contribution in [0.4, 0.5) is 0 Å². The molecule has 122 valence electrons. The Balaban J connectivity index is 1.85. The summed E-state index contributed by atoms with van der Waals surface area (Å²) in [5.74, 6) is 0.972. The van der Waals surface area contributed by atoms with Gasteiger partial charge in [0.1, 0.15) is 17.2 Å². The van der Waals surface area contributed by atoms with Gasteiger partial charge in [0.05, 0.1) is 0 Å². The zero-order valence-corrected chi connectivity index (χ0v) is 14.0. The van der Waals surface area contributed by atoms with E-state index in [1.54, 1.807) is 12.3 Å². The van der Waals surface area contributed by atoms with Crippen molar-refractivity contribution >= 4 is 16.7 Å². The molecule has 0 radical (unpaired) electrons. The maximum Gasteiger partial charge on any atom is 0.267 e. The lowest BCUT2D eigenvalue weighted by atomic mass is 9.87. The van der Waals surface area contributed by atoms with Gasteiger partial charge in [0, 0.05) is 11.6 Å². The normalized spacial score (nSPS) is 11.5. The van der Waals surface area contributed by atoms with Crippen LogP contribution in [-0.2, 0) is 5.41 Å². The van der Waals surface area contributed by atoms with Gasteiger partial charge in [-0.05, 0) is 46.7 Å². The largest absolute Gasteiger partial charge is 0.457 e. The van der Waals surface area contributed by atoms with Crippen LogP contribution in [0.2, 0.25) is 0 Å². The third-order valence-corrected chi connectivity index (χ3v) is 3.90. The topological polar surface area (TPSA) is 65.2 Å². The van der Waals surface area contributed by atoms with Crippen molar-refractivity contribution in [2.45, 2.75) is 26.2 Å². The highest BCUT2D eigenvalue weighted by atomic mass is 16.5. The molecular formula is C20H20N2O2. The fraction of sp³-hybridized carbons (Fsp3) is 0.200. The Morgan fingerprint density at radius 2 is 1.62 bits per heavy atom. The van der Waals surface area contributed by atoms with Gasteiger partial charge >= 0.3 is 0 Å². The summed E-state index contributed by atoms with van der Waals surface area (Å²) in [4.78, 5) is 15.2.